The number of amides is 2. The van der Waals surface area contributed by atoms with Crippen molar-refractivity contribution in [3.05, 3.63) is 0 Å². The Morgan fingerprint density at radius 2 is 1.55 bits per heavy atom. The molecule has 22 heavy (non-hydrogen) atoms. The van der Waals surface area contributed by atoms with Crippen molar-refractivity contribution in [1.82, 2.24) is 10.6 Å². The van der Waals surface area contributed by atoms with E-state index in [4.69, 9.17) is 4.74 Å². The predicted molar refractivity (Wildman–Crippen MR) is 78.1 cm³/mol. The van der Waals surface area contributed by atoms with Gasteiger partial charge in [-0.25, -0.2) is 9.59 Å². The second kappa shape index (κ2) is 8.35. The fourth-order valence-corrected chi connectivity index (χ4v) is 1.33. The molecule has 0 aliphatic rings. The van der Waals surface area contributed by atoms with Crippen molar-refractivity contribution < 1.29 is 28.7 Å². The zero-order valence-corrected chi connectivity index (χ0v) is 13.8. The number of esters is 1. The van der Waals surface area contributed by atoms with Crippen LogP contribution in [-0.2, 0) is 23.9 Å². The number of nitrogens with one attached hydrogen (secondary N) is 2. The van der Waals surface area contributed by atoms with Crippen molar-refractivity contribution >= 4 is 23.8 Å². The molecule has 0 heterocycles. The molecule has 8 nitrogen and oxygen atoms in total. The SMILES string of the molecule is CCOC(=O)C(=O)[C@H](C)NC(=O)[C@H](C)NC(=O)OC(C)(C)C. The van der Waals surface area contributed by atoms with Gasteiger partial charge >= 0.3 is 12.1 Å². The molecular formula is C14H24N2O6. The maximum Gasteiger partial charge on any atom is 0.408 e. The van der Waals surface area contributed by atoms with Crippen LogP contribution in [0.25, 0.3) is 0 Å². The zero-order chi connectivity index (χ0) is 17.5. The fraction of sp³-hybridized carbons (Fsp3) is 0.714. The average Bonchev–Trinajstić information content (AvgIpc) is 2.35. The lowest BCUT2D eigenvalue weighted by Crippen LogP contribution is -2.51. The summed E-state index contributed by atoms with van der Waals surface area (Å²) in [5, 5.41) is 4.66. The third kappa shape index (κ3) is 7.61. The number of ketones is 1. The summed E-state index contributed by atoms with van der Waals surface area (Å²) in [6.07, 6.45) is -0.750. The molecule has 0 radical (unpaired) electrons. The van der Waals surface area contributed by atoms with Crippen LogP contribution in [0, 0.1) is 0 Å². The monoisotopic (exact) mass is 316 g/mol. The van der Waals surface area contributed by atoms with Crippen LogP contribution < -0.4 is 10.6 Å². The Hall–Kier alpha value is -2.12. The highest BCUT2D eigenvalue weighted by atomic mass is 16.6. The summed E-state index contributed by atoms with van der Waals surface area (Å²) in [4.78, 5) is 46.2. The summed E-state index contributed by atoms with van der Waals surface area (Å²) < 4.78 is 9.57. The van der Waals surface area contributed by atoms with E-state index < -0.39 is 41.4 Å². The van der Waals surface area contributed by atoms with Gasteiger partial charge < -0.3 is 20.1 Å². The van der Waals surface area contributed by atoms with Crippen LogP contribution >= 0.6 is 0 Å². The molecule has 0 aliphatic carbocycles. The van der Waals surface area contributed by atoms with Crippen molar-refractivity contribution in [3.8, 4) is 0 Å². The Balaban J connectivity index is 4.44. The van der Waals surface area contributed by atoms with E-state index in [2.05, 4.69) is 15.4 Å². The second-order valence-electron chi connectivity index (χ2n) is 5.68. The van der Waals surface area contributed by atoms with Crippen LogP contribution in [0.5, 0.6) is 0 Å². The number of Topliss-reactive ketones (excluding diaryl/α,β-unsaturated/α-hetero) is 1. The molecule has 0 spiro atoms. The molecule has 2 amide bonds. The molecule has 0 aliphatic heterocycles. The fourth-order valence-electron chi connectivity index (χ4n) is 1.33. The van der Waals surface area contributed by atoms with E-state index in [-0.39, 0.29) is 6.61 Å². The lowest BCUT2D eigenvalue weighted by atomic mass is 10.2. The Morgan fingerprint density at radius 3 is 2.00 bits per heavy atom. The number of alkyl carbamates (subject to hydrolysis) is 1. The molecule has 0 unspecified atom stereocenters. The molecular weight excluding hydrogens is 292 g/mol. The summed E-state index contributed by atoms with van der Waals surface area (Å²) in [5.74, 6) is -2.49. The maximum absolute atomic E-state index is 11.9. The first kappa shape index (κ1) is 19.9. The molecule has 0 saturated carbocycles. The molecule has 0 aromatic carbocycles. The van der Waals surface area contributed by atoms with Crippen LogP contribution in [0.1, 0.15) is 41.5 Å². The van der Waals surface area contributed by atoms with Gasteiger partial charge in [-0.1, -0.05) is 0 Å². The van der Waals surface area contributed by atoms with Gasteiger partial charge in [-0.2, -0.15) is 0 Å². The Morgan fingerprint density at radius 1 is 1.00 bits per heavy atom. The Kier molecular flexibility index (Phi) is 7.55. The van der Waals surface area contributed by atoms with Gasteiger partial charge in [0.15, 0.2) is 0 Å². The Bertz CT molecular complexity index is 441. The van der Waals surface area contributed by atoms with E-state index >= 15 is 0 Å². The number of hydrogen-bond acceptors (Lipinski definition) is 6. The highest BCUT2D eigenvalue weighted by molar-refractivity contribution is 6.35. The Labute approximate surface area is 129 Å². The number of rotatable bonds is 6. The quantitative estimate of drug-likeness (QED) is 0.546. The molecule has 0 bridgehead atoms. The van der Waals surface area contributed by atoms with E-state index in [1.165, 1.54) is 13.8 Å². The first-order valence-electron chi connectivity index (χ1n) is 6.98. The molecule has 2 N–H and O–H groups in total. The van der Waals surface area contributed by atoms with Crippen molar-refractivity contribution in [3.63, 3.8) is 0 Å². The van der Waals surface area contributed by atoms with E-state index in [0.29, 0.717) is 0 Å². The van der Waals surface area contributed by atoms with E-state index in [1.807, 2.05) is 0 Å². The molecule has 0 fully saturated rings. The number of carbonyl (C=O) groups excluding carboxylic acids is 4. The van der Waals surface area contributed by atoms with Gasteiger partial charge in [0.25, 0.3) is 5.78 Å². The molecule has 0 rings (SSSR count). The highest BCUT2D eigenvalue weighted by Crippen LogP contribution is 2.06. The van der Waals surface area contributed by atoms with Gasteiger partial charge in [0.2, 0.25) is 5.91 Å². The second-order valence-corrected chi connectivity index (χ2v) is 5.68. The first-order chi connectivity index (χ1) is 9.97. The van der Waals surface area contributed by atoms with Crippen LogP contribution in [0.3, 0.4) is 0 Å². The molecule has 2 atom stereocenters. The summed E-state index contributed by atoms with van der Waals surface area (Å²) in [6.45, 7) is 9.51. The minimum Gasteiger partial charge on any atom is -0.460 e. The molecule has 0 aromatic heterocycles. The smallest absolute Gasteiger partial charge is 0.408 e. The molecule has 8 heteroatoms. The van der Waals surface area contributed by atoms with Gasteiger partial charge in [0.05, 0.1) is 12.6 Å². The van der Waals surface area contributed by atoms with Gasteiger partial charge in [-0.15, -0.1) is 0 Å². The first-order valence-corrected chi connectivity index (χ1v) is 6.98. The number of hydrogen-bond donors (Lipinski definition) is 2. The average molecular weight is 316 g/mol. The van der Waals surface area contributed by atoms with Crippen molar-refractivity contribution in [2.24, 2.45) is 0 Å². The lowest BCUT2D eigenvalue weighted by molar-refractivity contribution is -0.154. The molecule has 0 saturated heterocycles. The van der Waals surface area contributed by atoms with Gasteiger partial charge in [0.1, 0.15) is 11.6 Å². The minimum absolute atomic E-state index is 0.0713. The van der Waals surface area contributed by atoms with Crippen LogP contribution in [0.2, 0.25) is 0 Å². The summed E-state index contributed by atoms with van der Waals surface area (Å²) in [5.41, 5.74) is -0.687. The molecule has 0 aromatic rings. The summed E-state index contributed by atoms with van der Waals surface area (Å²) in [7, 11) is 0. The van der Waals surface area contributed by atoms with Crippen molar-refractivity contribution in [2.75, 3.05) is 6.61 Å². The molecule has 126 valence electrons. The number of ether oxygens (including phenoxy) is 2. The van der Waals surface area contributed by atoms with Gasteiger partial charge in [-0.05, 0) is 41.5 Å². The third-order valence-corrected chi connectivity index (χ3v) is 2.36. The summed E-state index contributed by atoms with van der Waals surface area (Å²) >= 11 is 0. The van der Waals surface area contributed by atoms with Gasteiger partial charge in [0, 0.05) is 0 Å². The van der Waals surface area contributed by atoms with Gasteiger partial charge in [-0.3, -0.25) is 9.59 Å². The highest BCUT2D eigenvalue weighted by Gasteiger charge is 2.27. The van der Waals surface area contributed by atoms with Crippen LogP contribution in [0.15, 0.2) is 0 Å². The zero-order valence-electron chi connectivity index (χ0n) is 13.8. The minimum atomic E-state index is -1.05. The van der Waals surface area contributed by atoms with Crippen molar-refractivity contribution in [2.45, 2.75) is 59.2 Å². The van der Waals surface area contributed by atoms with Crippen LogP contribution in [0.4, 0.5) is 4.79 Å². The third-order valence-electron chi connectivity index (χ3n) is 2.36. The standard InChI is InChI=1S/C14H24N2O6/c1-7-21-12(19)10(17)8(2)15-11(18)9(3)16-13(20)22-14(4,5)6/h8-9H,7H2,1-6H3,(H,15,18)(H,16,20)/t8-,9-/m0/s1. The van der Waals surface area contributed by atoms with E-state index in [0.717, 1.165) is 0 Å². The van der Waals surface area contributed by atoms with E-state index in [1.54, 1.807) is 27.7 Å². The number of carbonyl (C=O) groups is 4. The van der Waals surface area contributed by atoms with Crippen molar-refractivity contribution in [1.29, 1.82) is 0 Å². The topological polar surface area (TPSA) is 111 Å². The largest absolute Gasteiger partial charge is 0.460 e. The van der Waals surface area contributed by atoms with E-state index in [9.17, 15) is 19.2 Å². The maximum atomic E-state index is 11.9. The normalized spacial score (nSPS) is 13.5. The summed E-state index contributed by atoms with van der Waals surface area (Å²) in [6, 6.07) is -1.97. The predicted octanol–water partition coefficient (Wildman–Crippen LogP) is 0.536. The lowest BCUT2D eigenvalue weighted by Gasteiger charge is -2.22. The van der Waals surface area contributed by atoms with Crippen LogP contribution in [-0.4, -0.2) is 48.0 Å².